The maximum absolute atomic E-state index is 10.00. The van der Waals surface area contributed by atoms with Crippen LogP contribution in [0.15, 0.2) is 12.7 Å². The van der Waals surface area contributed by atoms with E-state index in [-0.39, 0.29) is 0 Å². The van der Waals surface area contributed by atoms with Crippen LogP contribution in [0.25, 0.3) is 0 Å². The van der Waals surface area contributed by atoms with Crippen LogP contribution in [0.3, 0.4) is 0 Å². The fourth-order valence-corrected chi connectivity index (χ4v) is 2.41. The standard InChI is InChI=1S/C12H22O/c1-3-9-12(2,13)10-11-7-5-4-6-8-11/h3,11,13H,1,4-10H2,2H3. The van der Waals surface area contributed by atoms with E-state index in [9.17, 15) is 5.11 Å². The summed E-state index contributed by atoms with van der Waals surface area (Å²) in [5.74, 6) is 0.753. The Morgan fingerprint density at radius 1 is 1.38 bits per heavy atom. The summed E-state index contributed by atoms with van der Waals surface area (Å²) in [7, 11) is 0. The van der Waals surface area contributed by atoms with E-state index in [4.69, 9.17) is 0 Å². The molecule has 1 aliphatic rings. The summed E-state index contributed by atoms with van der Waals surface area (Å²) in [4.78, 5) is 0. The van der Waals surface area contributed by atoms with Crippen LogP contribution >= 0.6 is 0 Å². The fraction of sp³-hybridized carbons (Fsp3) is 0.833. The van der Waals surface area contributed by atoms with Gasteiger partial charge in [-0.1, -0.05) is 38.2 Å². The zero-order valence-corrected chi connectivity index (χ0v) is 8.76. The minimum Gasteiger partial charge on any atom is -0.390 e. The molecule has 0 saturated heterocycles. The molecule has 0 aromatic heterocycles. The van der Waals surface area contributed by atoms with E-state index >= 15 is 0 Å². The minimum absolute atomic E-state index is 0.510. The number of hydrogen-bond acceptors (Lipinski definition) is 1. The summed E-state index contributed by atoms with van der Waals surface area (Å²) in [6, 6.07) is 0. The maximum atomic E-state index is 10.00. The first-order chi connectivity index (χ1) is 6.14. The fourth-order valence-electron chi connectivity index (χ4n) is 2.41. The van der Waals surface area contributed by atoms with Gasteiger partial charge in [0.1, 0.15) is 0 Å². The van der Waals surface area contributed by atoms with Crippen LogP contribution in [-0.2, 0) is 0 Å². The second kappa shape index (κ2) is 4.80. The van der Waals surface area contributed by atoms with Crippen LogP contribution in [0.4, 0.5) is 0 Å². The van der Waals surface area contributed by atoms with E-state index in [2.05, 4.69) is 6.58 Å². The van der Waals surface area contributed by atoms with Crippen molar-refractivity contribution in [1.82, 2.24) is 0 Å². The van der Waals surface area contributed by atoms with E-state index in [1.165, 1.54) is 32.1 Å². The topological polar surface area (TPSA) is 20.2 Å². The molecule has 1 atom stereocenters. The summed E-state index contributed by atoms with van der Waals surface area (Å²) in [5, 5.41) is 10.00. The Bertz CT molecular complexity index is 155. The van der Waals surface area contributed by atoms with Crippen molar-refractivity contribution in [3.05, 3.63) is 12.7 Å². The molecule has 1 fully saturated rings. The summed E-state index contributed by atoms with van der Waals surface area (Å²) in [6.45, 7) is 5.61. The van der Waals surface area contributed by atoms with Gasteiger partial charge in [-0.2, -0.15) is 0 Å². The van der Waals surface area contributed by atoms with Crippen molar-refractivity contribution in [3.63, 3.8) is 0 Å². The third-order valence-electron chi connectivity index (χ3n) is 3.04. The maximum Gasteiger partial charge on any atom is 0.0656 e. The van der Waals surface area contributed by atoms with E-state index in [0.717, 1.165) is 18.8 Å². The molecule has 1 saturated carbocycles. The minimum atomic E-state index is -0.510. The monoisotopic (exact) mass is 182 g/mol. The lowest BCUT2D eigenvalue weighted by Gasteiger charge is -2.29. The van der Waals surface area contributed by atoms with Crippen LogP contribution in [0.5, 0.6) is 0 Å². The van der Waals surface area contributed by atoms with Crippen LogP contribution in [-0.4, -0.2) is 10.7 Å². The van der Waals surface area contributed by atoms with Crippen molar-refractivity contribution >= 4 is 0 Å². The molecule has 0 radical (unpaired) electrons. The van der Waals surface area contributed by atoms with E-state index in [0.29, 0.717) is 0 Å². The van der Waals surface area contributed by atoms with Gasteiger partial charge in [-0.3, -0.25) is 0 Å². The molecule has 1 N–H and O–H groups in total. The predicted molar refractivity (Wildman–Crippen MR) is 56.6 cm³/mol. The van der Waals surface area contributed by atoms with E-state index < -0.39 is 5.60 Å². The summed E-state index contributed by atoms with van der Waals surface area (Å²) in [5.41, 5.74) is -0.510. The zero-order chi connectivity index (χ0) is 9.73. The van der Waals surface area contributed by atoms with Crippen LogP contribution in [0.1, 0.15) is 51.9 Å². The van der Waals surface area contributed by atoms with Gasteiger partial charge in [0, 0.05) is 0 Å². The third-order valence-corrected chi connectivity index (χ3v) is 3.04. The number of rotatable bonds is 4. The van der Waals surface area contributed by atoms with Crippen LogP contribution < -0.4 is 0 Å². The lowest BCUT2D eigenvalue weighted by atomic mass is 9.80. The van der Waals surface area contributed by atoms with Gasteiger partial charge in [-0.25, -0.2) is 0 Å². The molecule has 1 rings (SSSR count). The van der Waals surface area contributed by atoms with Gasteiger partial charge in [-0.05, 0) is 25.7 Å². The molecular formula is C12H22O. The molecule has 0 bridgehead atoms. The van der Waals surface area contributed by atoms with Gasteiger partial charge in [-0.15, -0.1) is 6.58 Å². The molecule has 0 spiro atoms. The van der Waals surface area contributed by atoms with Crippen molar-refractivity contribution in [2.45, 2.75) is 57.5 Å². The highest BCUT2D eigenvalue weighted by Gasteiger charge is 2.24. The molecular weight excluding hydrogens is 160 g/mol. The third kappa shape index (κ3) is 3.95. The first kappa shape index (κ1) is 10.8. The first-order valence-corrected chi connectivity index (χ1v) is 5.47. The van der Waals surface area contributed by atoms with Gasteiger partial charge >= 0.3 is 0 Å². The second-order valence-corrected chi connectivity index (χ2v) is 4.70. The highest BCUT2D eigenvalue weighted by molar-refractivity contribution is 4.85. The average molecular weight is 182 g/mol. The molecule has 0 aromatic rings. The normalized spacial score (nSPS) is 23.8. The Kier molecular flexibility index (Phi) is 3.98. The first-order valence-electron chi connectivity index (χ1n) is 5.47. The highest BCUT2D eigenvalue weighted by atomic mass is 16.3. The van der Waals surface area contributed by atoms with Gasteiger partial charge in [0.05, 0.1) is 5.60 Å². The SMILES string of the molecule is C=CCC(C)(O)CC1CCCCC1. The molecule has 13 heavy (non-hydrogen) atoms. The van der Waals surface area contributed by atoms with Crippen molar-refractivity contribution < 1.29 is 5.11 Å². The van der Waals surface area contributed by atoms with Crippen molar-refractivity contribution in [3.8, 4) is 0 Å². The smallest absolute Gasteiger partial charge is 0.0656 e. The summed E-state index contributed by atoms with van der Waals surface area (Å²) < 4.78 is 0. The van der Waals surface area contributed by atoms with Crippen LogP contribution in [0.2, 0.25) is 0 Å². The van der Waals surface area contributed by atoms with E-state index in [1.54, 1.807) is 0 Å². The predicted octanol–water partition coefficient (Wildman–Crippen LogP) is 3.28. The Morgan fingerprint density at radius 3 is 2.54 bits per heavy atom. The summed E-state index contributed by atoms with van der Waals surface area (Å²) >= 11 is 0. The highest BCUT2D eigenvalue weighted by Crippen LogP contribution is 2.31. The lowest BCUT2D eigenvalue weighted by molar-refractivity contribution is 0.0305. The second-order valence-electron chi connectivity index (χ2n) is 4.70. The molecule has 0 aliphatic heterocycles. The molecule has 76 valence electrons. The quantitative estimate of drug-likeness (QED) is 0.661. The molecule has 0 amide bonds. The molecule has 1 aliphatic carbocycles. The zero-order valence-electron chi connectivity index (χ0n) is 8.76. The lowest BCUT2D eigenvalue weighted by Crippen LogP contribution is -2.27. The molecule has 0 heterocycles. The van der Waals surface area contributed by atoms with Gasteiger partial charge < -0.3 is 5.11 Å². The molecule has 0 aromatic carbocycles. The van der Waals surface area contributed by atoms with Crippen molar-refractivity contribution in [2.75, 3.05) is 0 Å². The van der Waals surface area contributed by atoms with Gasteiger partial charge in [0.25, 0.3) is 0 Å². The van der Waals surface area contributed by atoms with Gasteiger partial charge in [0.15, 0.2) is 0 Å². The summed E-state index contributed by atoms with van der Waals surface area (Å²) in [6.07, 6.45) is 10.2. The largest absolute Gasteiger partial charge is 0.390 e. The van der Waals surface area contributed by atoms with Crippen molar-refractivity contribution in [1.29, 1.82) is 0 Å². The molecule has 1 nitrogen and oxygen atoms in total. The molecule has 1 heteroatoms. The number of aliphatic hydroxyl groups is 1. The average Bonchev–Trinajstić information content (AvgIpc) is 2.04. The van der Waals surface area contributed by atoms with Gasteiger partial charge in [0.2, 0.25) is 0 Å². The molecule has 1 unspecified atom stereocenters. The van der Waals surface area contributed by atoms with E-state index in [1.807, 2.05) is 13.0 Å². The Morgan fingerprint density at radius 2 is 2.00 bits per heavy atom. The van der Waals surface area contributed by atoms with Crippen molar-refractivity contribution in [2.24, 2.45) is 5.92 Å². The van der Waals surface area contributed by atoms with Crippen LogP contribution in [0, 0.1) is 5.92 Å². The Balaban J connectivity index is 2.32. The Hall–Kier alpha value is -0.300. The Labute approximate surface area is 81.9 Å². The number of hydrogen-bond donors (Lipinski definition) is 1.